The van der Waals surface area contributed by atoms with Crippen molar-refractivity contribution in [3.05, 3.63) is 86.7 Å². The van der Waals surface area contributed by atoms with Crippen molar-refractivity contribution < 1.29 is 9.59 Å². The third-order valence-corrected chi connectivity index (χ3v) is 6.43. The molecule has 1 fully saturated rings. The second kappa shape index (κ2) is 8.54. The Kier molecular flexibility index (Phi) is 5.95. The average molecular weight is 484 g/mol. The molecular weight excluding hydrogens is 465 g/mol. The summed E-state index contributed by atoms with van der Waals surface area (Å²) < 4.78 is 2.08. The molecule has 0 unspecified atom stereocenters. The van der Waals surface area contributed by atoms with Crippen LogP contribution in [0.5, 0.6) is 0 Å². The van der Waals surface area contributed by atoms with Crippen molar-refractivity contribution in [3.63, 3.8) is 0 Å². The Morgan fingerprint density at radius 3 is 2.38 bits per heavy atom. The Balaban J connectivity index is 1.78. The predicted molar refractivity (Wildman–Crippen MR) is 133 cm³/mol. The summed E-state index contributed by atoms with van der Waals surface area (Å²) in [6.07, 6.45) is 1.58. The van der Waals surface area contributed by atoms with Crippen LogP contribution in [0, 0.1) is 20.8 Å². The van der Waals surface area contributed by atoms with Gasteiger partial charge in [0.05, 0.1) is 15.7 Å². The summed E-state index contributed by atoms with van der Waals surface area (Å²) in [5.74, 6) is -1.13. The average Bonchev–Trinajstić information content (AvgIpc) is 3.02. The summed E-state index contributed by atoms with van der Waals surface area (Å²) in [6, 6.07) is 15.0. The molecular formula is C24H19Cl2N3O2S. The Morgan fingerprint density at radius 1 is 1.00 bits per heavy atom. The smallest absolute Gasteiger partial charge is 0.270 e. The number of hydrogen-bond acceptors (Lipinski definition) is 3. The summed E-state index contributed by atoms with van der Waals surface area (Å²) in [7, 11) is 0. The molecule has 5 nitrogen and oxygen atoms in total. The molecule has 2 aromatic carbocycles. The fraction of sp³-hybridized carbons (Fsp3) is 0.125. The highest BCUT2D eigenvalue weighted by molar-refractivity contribution is 7.80. The van der Waals surface area contributed by atoms with Gasteiger partial charge in [0.15, 0.2) is 5.11 Å². The predicted octanol–water partition coefficient (Wildman–Crippen LogP) is 5.54. The maximum atomic E-state index is 13.3. The summed E-state index contributed by atoms with van der Waals surface area (Å²) in [5.41, 5.74) is 5.07. The molecule has 8 heteroatoms. The lowest BCUT2D eigenvalue weighted by Gasteiger charge is -2.29. The molecule has 0 bridgehead atoms. The molecule has 4 rings (SSSR count). The lowest BCUT2D eigenvalue weighted by atomic mass is 10.1. The fourth-order valence-electron chi connectivity index (χ4n) is 3.72. The molecule has 0 atom stereocenters. The van der Waals surface area contributed by atoms with Gasteiger partial charge in [-0.25, -0.2) is 0 Å². The van der Waals surface area contributed by atoms with Crippen LogP contribution in [-0.2, 0) is 9.59 Å². The molecule has 2 heterocycles. The largest absolute Gasteiger partial charge is 0.318 e. The monoisotopic (exact) mass is 483 g/mol. The Bertz CT molecular complexity index is 1310. The molecule has 1 N–H and O–H groups in total. The van der Waals surface area contributed by atoms with Gasteiger partial charge in [-0.2, -0.15) is 0 Å². The minimum absolute atomic E-state index is 0.0428. The highest BCUT2D eigenvalue weighted by atomic mass is 35.5. The van der Waals surface area contributed by atoms with Gasteiger partial charge in [0.2, 0.25) is 0 Å². The molecule has 0 spiro atoms. The van der Waals surface area contributed by atoms with Crippen molar-refractivity contribution in [2.24, 2.45) is 0 Å². The van der Waals surface area contributed by atoms with E-state index in [-0.39, 0.29) is 20.7 Å². The van der Waals surface area contributed by atoms with Gasteiger partial charge in [-0.15, -0.1) is 0 Å². The van der Waals surface area contributed by atoms with Gasteiger partial charge in [0, 0.05) is 17.1 Å². The Hall–Kier alpha value is -2.93. The fourth-order valence-corrected chi connectivity index (χ4v) is 4.38. The number of amides is 2. The van der Waals surface area contributed by atoms with E-state index in [0.29, 0.717) is 5.69 Å². The number of benzene rings is 2. The first kappa shape index (κ1) is 22.3. The van der Waals surface area contributed by atoms with Crippen LogP contribution in [0.25, 0.3) is 11.8 Å². The van der Waals surface area contributed by atoms with Crippen LogP contribution < -0.4 is 10.2 Å². The van der Waals surface area contributed by atoms with E-state index in [2.05, 4.69) is 9.88 Å². The van der Waals surface area contributed by atoms with Gasteiger partial charge in [-0.1, -0.05) is 47.0 Å². The molecule has 0 aliphatic carbocycles. The quantitative estimate of drug-likeness (QED) is 0.302. The lowest BCUT2D eigenvalue weighted by Crippen LogP contribution is -2.54. The maximum Gasteiger partial charge on any atom is 0.270 e. The minimum Gasteiger partial charge on any atom is -0.318 e. The standard InChI is InChI=1S/C24H19Cl2N3O2S/c1-13-7-9-17(10-8-13)28-14(2)11-16(15(28)3)12-18-22(30)27-24(32)29(23(18)31)20-6-4-5-19(25)21(20)26/h4-12H,1-3H3,(H,27,30,32)/b18-12+. The Morgan fingerprint density at radius 2 is 1.69 bits per heavy atom. The number of carbonyl (C=O) groups is 2. The van der Waals surface area contributed by atoms with Crippen LogP contribution in [0.4, 0.5) is 5.69 Å². The number of aromatic nitrogens is 1. The molecule has 1 aliphatic rings. The number of carbonyl (C=O) groups excluding carboxylic acids is 2. The van der Waals surface area contributed by atoms with E-state index in [1.54, 1.807) is 24.3 Å². The lowest BCUT2D eigenvalue weighted by molar-refractivity contribution is -0.122. The van der Waals surface area contributed by atoms with Crippen LogP contribution in [0.3, 0.4) is 0 Å². The highest BCUT2D eigenvalue weighted by Gasteiger charge is 2.36. The summed E-state index contributed by atoms with van der Waals surface area (Å²) in [6.45, 7) is 5.95. The van der Waals surface area contributed by atoms with Crippen molar-refractivity contribution >= 4 is 64.1 Å². The van der Waals surface area contributed by atoms with Gasteiger partial charge in [-0.3, -0.25) is 19.8 Å². The zero-order chi connectivity index (χ0) is 23.2. The molecule has 0 radical (unpaired) electrons. The van der Waals surface area contributed by atoms with Gasteiger partial charge in [-0.05, 0) is 75.0 Å². The second-order valence-corrected chi connectivity index (χ2v) is 8.70. The third-order valence-electron chi connectivity index (χ3n) is 5.34. The molecule has 162 valence electrons. The van der Waals surface area contributed by atoms with Crippen molar-refractivity contribution in [3.8, 4) is 5.69 Å². The normalized spacial score (nSPS) is 15.5. The van der Waals surface area contributed by atoms with Gasteiger partial charge < -0.3 is 4.57 Å². The molecule has 1 aliphatic heterocycles. The van der Waals surface area contributed by atoms with Gasteiger partial charge >= 0.3 is 0 Å². The topological polar surface area (TPSA) is 54.3 Å². The summed E-state index contributed by atoms with van der Waals surface area (Å²) >= 11 is 17.7. The van der Waals surface area contributed by atoms with E-state index in [9.17, 15) is 9.59 Å². The first-order chi connectivity index (χ1) is 15.2. The molecule has 0 saturated carbocycles. The first-order valence-corrected chi connectivity index (χ1v) is 11.0. The van der Waals surface area contributed by atoms with Crippen molar-refractivity contribution in [1.29, 1.82) is 0 Å². The van der Waals surface area contributed by atoms with Gasteiger partial charge in [0.25, 0.3) is 11.8 Å². The highest BCUT2D eigenvalue weighted by Crippen LogP contribution is 2.34. The first-order valence-electron chi connectivity index (χ1n) is 9.80. The third kappa shape index (κ3) is 3.86. The summed E-state index contributed by atoms with van der Waals surface area (Å²) in [5, 5.41) is 2.99. The zero-order valence-electron chi connectivity index (χ0n) is 17.6. The van der Waals surface area contributed by atoms with E-state index in [1.807, 2.05) is 51.1 Å². The van der Waals surface area contributed by atoms with Crippen molar-refractivity contribution in [1.82, 2.24) is 9.88 Å². The minimum atomic E-state index is -0.567. The molecule has 2 amide bonds. The molecule has 1 aromatic heterocycles. The Labute approximate surface area is 201 Å². The number of rotatable bonds is 3. The van der Waals surface area contributed by atoms with Crippen LogP contribution in [0.2, 0.25) is 10.0 Å². The van der Waals surface area contributed by atoms with Crippen LogP contribution in [-0.4, -0.2) is 21.5 Å². The SMILES string of the molecule is Cc1ccc(-n2c(C)cc(/C=C3\C(=O)NC(=S)N(c4cccc(Cl)c4Cl)C3=O)c2C)cc1. The number of anilines is 1. The second-order valence-electron chi connectivity index (χ2n) is 7.53. The number of aryl methyl sites for hydroxylation is 2. The van der Waals surface area contributed by atoms with E-state index in [4.69, 9.17) is 35.4 Å². The number of nitrogens with one attached hydrogen (secondary N) is 1. The maximum absolute atomic E-state index is 13.3. The molecule has 1 saturated heterocycles. The van der Waals surface area contributed by atoms with Crippen molar-refractivity contribution in [2.75, 3.05) is 4.90 Å². The summed E-state index contributed by atoms with van der Waals surface area (Å²) in [4.78, 5) is 27.2. The molecule has 3 aromatic rings. The number of nitrogens with zero attached hydrogens (tertiary/aromatic N) is 2. The zero-order valence-corrected chi connectivity index (χ0v) is 19.9. The molecule has 32 heavy (non-hydrogen) atoms. The van der Waals surface area contributed by atoms with Crippen LogP contribution in [0.1, 0.15) is 22.5 Å². The number of thiocarbonyl (C=S) groups is 1. The number of halogens is 2. The van der Waals surface area contributed by atoms with Crippen molar-refractivity contribution in [2.45, 2.75) is 20.8 Å². The van der Waals surface area contributed by atoms with E-state index >= 15 is 0 Å². The van der Waals surface area contributed by atoms with Crippen LogP contribution in [0.15, 0.2) is 54.1 Å². The van der Waals surface area contributed by atoms with E-state index in [1.165, 1.54) is 10.5 Å². The van der Waals surface area contributed by atoms with E-state index < -0.39 is 11.8 Å². The van der Waals surface area contributed by atoms with Crippen LogP contribution >= 0.6 is 35.4 Å². The van der Waals surface area contributed by atoms with Gasteiger partial charge in [0.1, 0.15) is 5.57 Å². The number of hydrogen-bond donors (Lipinski definition) is 1. The van der Waals surface area contributed by atoms with E-state index in [0.717, 1.165) is 22.6 Å².